The average Bonchev–Trinajstić information content (AvgIpc) is 2.93. The molecule has 2 aromatic rings. The van der Waals surface area contributed by atoms with Crippen molar-refractivity contribution in [2.24, 2.45) is 0 Å². The molecular formula is C20H23BrO3. The number of ether oxygens (including phenoxy) is 1. The van der Waals surface area contributed by atoms with E-state index in [1.165, 1.54) is 0 Å². The third-order valence-corrected chi connectivity index (χ3v) is 4.21. The molecule has 0 aliphatic heterocycles. The molecule has 1 aromatic heterocycles. The zero-order chi connectivity index (χ0) is 17.5. The number of hydrogen-bond donors (Lipinski definition) is 0. The molecule has 0 N–H and O–H groups in total. The Morgan fingerprint density at radius 3 is 2.75 bits per heavy atom. The van der Waals surface area contributed by atoms with Gasteiger partial charge in [-0.2, -0.15) is 0 Å². The van der Waals surface area contributed by atoms with Gasteiger partial charge in [0.05, 0.1) is 6.61 Å². The lowest BCUT2D eigenvalue weighted by atomic mass is 10.0. The molecule has 0 aliphatic carbocycles. The minimum atomic E-state index is -0.341. The molecule has 0 spiro atoms. The number of furan rings is 1. The topological polar surface area (TPSA) is 39.4 Å². The second kappa shape index (κ2) is 8.88. The van der Waals surface area contributed by atoms with E-state index in [0.717, 1.165) is 34.9 Å². The summed E-state index contributed by atoms with van der Waals surface area (Å²) >= 11 is 3.52. The highest BCUT2D eigenvalue weighted by Crippen LogP contribution is 2.30. The van der Waals surface area contributed by atoms with Gasteiger partial charge in [0.15, 0.2) is 0 Å². The third kappa shape index (κ3) is 4.60. The van der Waals surface area contributed by atoms with E-state index in [4.69, 9.17) is 9.15 Å². The summed E-state index contributed by atoms with van der Waals surface area (Å²) in [5, 5.41) is 0. The Labute approximate surface area is 151 Å². The van der Waals surface area contributed by atoms with Gasteiger partial charge < -0.3 is 9.15 Å². The van der Waals surface area contributed by atoms with Crippen molar-refractivity contribution in [1.29, 1.82) is 0 Å². The third-order valence-electron chi connectivity index (χ3n) is 3.72. The number of halogens is 1. The number of carbonyl (C=O) groups is 1. The van der Waals surface area contributed by atoms with E-state index in [1.807, 2.05) is 18.2 Å². The van der Waals surface area contributed by atoms with Crippen LogP contribution >= 0.6 is 15.9 Å². The summed E-state index contributed by atoms with van der Waals surface area (Å²) in [6.07, 6.45) is 5.39. The summed E-state index contributed by atoms with van der Waals surface area (Å²) in [7, 11) is 0. The first kappa shape index (κ1) is 18.5. The number of esters is 1. The van der Waals surface area contributed by atoms with E-state index in [2.05, 4.69) is 35.0 Å². The number of unbranched alkanes of at least 4 members (excludes halogenated alkanes) is 2. The molecule has 0 bridgehead atoms. The molecule has 4 heteroatoms. The smallest absolute Gasteiger partial charge is 0.341 e. The Balaban J connectivity index is 2.42. The van der Waals surface area contributed by atoms with Crippen molar-refractivity contribution in [3.63, 3.8) is 0 Å². The lowest BCUT2D eigenvalue weighted by Crippen LogP contribution is -2.04. The van der Waals surface area contributed by atoms with Crippen LogP contribution in [0.5, 0.6) is 0 Å². The van der Waals surface area contributed by atoms with E-state index in [-0.39, 0.29) is 5.97 Å². The highest BCUT2D eigenvalue weighted by Gasteiger charge is 2.19. The van der Waals surface area contributed by atoms with Crippen LogP contribution in [0.15, 0.2) is 45.3 Å². The quantitative estimate of drug-likeness (QED) is 0.420. The molecule has 0 amide bonds. The van der Waals surface area contributed by atoms with Crippen molar-refractivity contribution in [3.8, 4) is 0 Å². The van der Waals surface area contributed by atoms with Crippen molar-refractivity contribution in [2.75, 3.05) is 6.61 Å². The molecule has 128 valence electrons. The predicted octanol–water partition coefficient (Wildman–Crippen LogP) is 6.15. The van der Waals surface area contributed by atoms with Gasteiger partial charge in [-0.05, 0) is 44.0 Å². The molecule has 0 radical (unpaired) electrons. The van der Waals surface area contributed by atoms with Gasteiger partial charge in [-0.25, -0.2) is 4.79 Å². The maximum Gasteiger partial charge on any atom is 0.341 e. The monoisotopic (exact) mass is 390 g/mol. The molecule has 0 saturated carbocycles. The lowest BCUT2D eigenvalue weighted by Gasteiger charge is -2.06. The van der Waals surface area contributed by atoms with Gasteiger partial charge in [-0.3, -0.25) is 0 Å². The molecule has 1 heterocycles. The standard InChI is InChI=1S/C20H23BrO3/c1-4-6-7-11-17(15-9-8-10-16(21)12-15)19-13-18(14(3)24-19)20(22)23-5-2/h8-13H,4-7H2,1-3H3/b17-11-. The van der Waals surface area contributed by atoms with Crippen LogP contribution in [0.25, 0.3) is 5.57 Å². The van der Waals surface area contributed by atoms with Crippen molar-refractivity contribution in [1.82, 2.24) is 0 Å². The van der Waals surface area contributed by atoms with Gasteiger partial charge in [0, 0.05) is 10.0 Å². The van der Waals surface area contributed by atoms with E-state index >= 15 is 0 Å². The molecule has 2 rings (SSSR count). The molecule has 0 saturated heterocycles. The van der Waals surface area contributed by atoms with E-state index in [1.54, 1.807) is 19.9 Å². The fraction of sp³-hybridized carbons (Fsp3) is 0.350. The first-order valence-electron chi connectivity index (χ1n) is 8.30. The largest absolute Gasteiger partial charge is 0.462 e. The summed E-state index contributed by atoms with van der Waals surface area (Å²) < 4.78 is 12.0. The maximum atomic E-state index is 12.0. The normalized spacial score (nSPS) is 11.6. The minimum Gasteiger partial charge on any atom is -0.462 e. The molecule has 0 unspecified atom stereocenters. The molecule has 1 aromatic carbocycles. The number of carbonyl (C=O) groups excluding carboxylic acids is 1. The van der Waals surface area contributed by atoms with Gasteiger partial charge in [-0.1, -0.05) is 53.9 Å². The SMILES string of the molecule is CCCC/C=C(/c1cccc(Br)c1)c1cc(C(=O)OCC)c(C)o1. The highest BCUT2D eigenvalue weighted by molar-refractivity contribution is 9.10. The molecule has 3 nitrogen and oxygen atoms in total. The summed E-state index contributed by atoms with van der Waals surface area (Å²) in [5.74, 6) is 0.941. The van der Waals surface area contributed by atoms with Crippen molar-refractivity contribution in [3.05, 3.63) is 63.5 Å². The summed E-state index contributed by atoms with van der Waals surface area (Å²) in [6.45, 7) is 6.11. The Bertz CT molecular complexity index is 728. The average molecular weight is 391 g/mol. The second-order valence-electron chi connectivity index (χ2n) is 5.57. The number of aryl methyl sites for hydroxylation is 1. The van der Waals surface area contributed by atoms with Crippen LogP contribution in [0.1, 0.15) is 60.6 Å². The van der Waals surface area contributed by atoms with Crippen LogP contribution in [0.3, 0.4) is 0 Å². The van der Waals surface area contributed by atoms with Crippen molar-refractivity contribution < 1.29 is 13.9 Å². The molecule has 0 aliphatic rings. The van der Waals surface area contributed by atoms with Gasteiger partial charge in [0.1, 0.15) is 17.1 Å². The highest BCUT2D eigenvalue weighted by atomic mass is 79.9. The van der Waals surface area contributed by atoms with Crippen molar-refractivity contribution in [2.45, 2.75) is 40.0 Å². The fourth-order valence-electron chi connectivity index (χ4n) is 2.49. The number of benzene rings is 1. The number of rotatable bonds is 7. The van der Waals surface area contributed by atoms with Crippen LogP contribution in [-0.4, -0.2) is 12.6 Å². The van der Waals surface area contributed by atoms with Gasteiger partial charge in [0.25, 0.3) is 0 Å². The van der Waals surface area contributed by atoms with Crippen LogP contribution in [0.4, 0.5) is 0 Å². The second-order valence-corrected chi connectivity index (χ2v) is 6.49. The van der Waals surface area contributed by atoms with Crippen molar-refractivity contribution >= 4 is 27.5 Å². The Hall–Kier alpha value is -1.81. The summed E-state index contributed by atoms with van der Waals surface area (Å²) in [4.78, 5) is 12.0. The summed E-state index contributed by atoms with van der Waals surface area (Å²) in [5.41, 5.74) is 2.55. The molecule has 0 fully saturated rings. The zero-order valence-corrected chi connectivity index (χ0v) is 16.0. The maximum absolute atomic E-state index is 12.0. The van der Waals surface area contributed by atoms with Crippen LogP contribution in [-0.2, 0) is 4.74 Å². The fourth-order valence-corrected chi connectivity index (χ4v) is 2.89. The van der Waals surface area contributed by atoms with E-state index < -0.39 is 0 Å². The van der Waals surface area contributed by atoms with Crippen LogP contribution < -0.4 is 0 Å². The first-order valence-corrected chi connectivity index (χ1v) is 9.10. The molecule has 0 atom stereocenters. The molecule has 24 heavy (non-hydrogen) atoms. The Morgan fingerprint density at radius 2 is 2.08 bits per heavy atom. The Kier molecular flexibility index (Phi) is 6.85. The number of hydrogen-bond acceptors (Lipinski definition) is 3. The van der Waals surface area contributed by atoms with Gasteiger partial charge >= 0.3 is 5.97 Å². The minimum absolute atomic E-state index is 0.341. The number of allylic oxidation sites excluding steroid dienone is 1. The van der Waals surface area contributed by atoms with E-state index in [0.29, 0.717) is 23.7 Å². The van der Waals surface area contributed by atoms with Gasteiger partial charge in [-0.15, -0.1) is 0 Å². The summed E-state index contributed by atoms with van der Waals surface area (Å²) in [6, 6.07) is 9.87. The molecular weight excluding hydrogens is 368 g/mol. The van der Waals surface area contributed by atoms with Gasteiger partial charge in [0.2, 0.25) is 0 Å². The predicted molar refractivity (Wildman–Crippen MR) is 100 cm³/mol. The zero-order valence-electron chi connectivity index (χ0n) is 14.4. The van der Waals surface area contributed by atoms with E-state index in [9.17, 15) is 4.79 Å². The van der Waals surface area contributed by atoms with Crippen LogP contribution in [0, 0.1) is 6.92 Å². The van der Waals surface area contributed by atoms with Crippen LogP contribution in [0.2, 0.25) is 0 Å². The lowest BCUT2D eigenvalue weighted by molar-refractivity contribution is 0.0524. The first-order chi connectivity index (χ1) is 11.6. The Morgan fingerprint density at radius 1 is 1.29 bits per heavy atom.